The molecular formula is C38H75N8+. The number of likely N-dealkylation sites (tertiary alicyclic amines) is 3. The van der Waals surface area contributed by atoms with E-state index in [1.807, 2.05) is 0 Å². The molecule has 46 heavy (non-hydrogen) atoms. The standard InChI is InChI=1S/C38H74N8/c1-4-41-22-26-44(27-23-41)31-37-12-21-45(16-5-15-42-24-28-43(29-25-42)30-36-6-13-39-14-7-36)32-38(37)33-46(19-8-34(38)2)20-11-35-9-17-40(3)18-10-35/h34-37,39H,4-33H2,1-3H3/p+1. The molecule has 8 heteroatoms. The fraction of sp³-hybridized carbons (Fsp3) is 1.00. The summed E-state index contributed by atoms with van der Waals surface area (Å²) >= 11 is 0. The van der Waals surface area contributed by atoms with Gasteiger partial charge in [0.2, 0.25) is 0 Å². The average Bonchev–Trinajstić information content (AvgIpc) is 3.09. The van der Waals surface area contributed by atoms with Crippen LogP contribution in [0.3, 0.4) is 0 Å². The van der Waals surface area contributed by atoms with Crippen LogP contribution in [0.4, 0.5) is 0 Å². The minimum Gasteiger partial charge on any atom is -0.346 e. The van der Waals surface area contributed by atoms with Crippen molar-refractivity contribution in [1.29, 1.82) is 0 Å². The monoisotopic (exact) mass is 644 g/mol. The Morgan fingerprint density at radius 1 is 0.565 bits per heavy atom. The molecule has 6 saturated heterocycles. The Labute approximate surface area is 284 Å². The van der Waals surface area contributed by atoms with Crippen LogP contribution >= 0.6 is 0 Å². The zero-order valence-corrected chi connectivity index (χ0v) is 30.7. The smallest absolute Gasteiger partial charge is 0.0758 e. The molecule has 0 radical (unpaired) electrons. The summed E-state index contributed by atoms with van der Waals surface area (Å²) in [6.07, 6.45) is 11.3. The topological polar surface area (TPSA) is 39.3 Å². The highest BCUT2D eigenvalue weighted by molar-refractivity contribution is 5.02. The molecule has 0 amide bonds. The lowest BCUT2D eigenvalue weighted by atomic mass is 9.60. The summed E-state index contributed by atoms with van der Waals surface area (Å²) in [6, 6.07) is 0. The van der Waals surface area contributed by atoms with Gasteiger partial charge in [0.25, 0.3) is 0 Å². The normalized spacial score (nSPS) is 33.7. The molecule has 3 unspecified atom stereocenters. The van der Waals surface area contributed by atoms with Gasteiger partial charge in [-0.3, -0.25) is 0 Å². The van der Waals surface area contributed by atoms with Crippen LogP contribution < -0.4 is 5.32 Å². The first-order valence-corrected chi connectivity index (χ1v) is 20.3. The largest absolute Gasteiger partial charge is 0.346 e. The van der Waals surface area contributed by atoms with Crippen molar-refractivity contribution in [2.45, 2.75) is 65.2 Å². The van der Waals surface area contributed by atoms with Gasteiger partial charge < -0.3 is 39.6 Å². The van der Waals surface area contributed by atoms with Gasteiger partial charge in [0, 0.05) is 96.8 Å². The molecule has 6 rings (SSSR count). The van der Waals surface area contributed by atoms with Crippen molar-refractivity contribution < 1.29 is 5.32 Å². The van der Waals surface area contributed by atoms with Crippen molar-refractivity contribution >= 4 is 0 Å². The molecule has 0 aromatic heterocycles. The van der Waals surface area contributed by atoms with E-state index >= 15 is 0 Å². The van der Waals surface area contributed by atoms with Gasteiger partial charge in [-0.1, -0.05) is 13.8 Å². The molecule has 1 spiro atoms. The number of nitrogens with two attached hydrogens (primary N) is 1. The molecule has 0 aromatic rings. The maximum atomic E-state index is 2.95. The molecule has 6 fully saturated rings. The molecule has 3 atom stereocenters. The Morgan fingerprint density at radius 3 is 1.85 bits per heavy atom. The fourth-order valence-electron chi connectivity index (χ4n) is 10.5. The number of likely N-dealkylation sites (N-methyl/N-ethyl adjacent to an activating group) is 1. The summed E-state index contributed by atoms with van der Waals surface area (Å²) in [6.45, 7) is 33.9. The van der Waals surface area contributed by atoms with Crippen LogP contribution in [0.25, 0.3) is 0 Å². The molecule has 0 aliphatic carbocycles. The second kappa shape index (κ2) is 17.6. The Kier molecular flexibility index (Phi) is 13.6. The van der Waals surface area contributed by atoms with Crippen molar-refractivity contribution in [1.82, 2.24) is 34.3 Å². The predicted octanol–water partition coefficient (Wildman–Crippen LogP) is 1.99. The summed E-state index contributed by atoms with van der Waals surface area (Å²) in [4.78, 5) is 19.5. The van der Waals surface area contributed by atoms with Crippen LogP contribution in [-0.4, -0.2) is 185 Å². The van der Waals surface area contributed by atoms with Crippen LogP contribution in [0.15, 0.2) is 0 Å². The lowest BCUT2D eigenvalue weighted by Crippen LogP contribution is -2.86. The van der Waals surface area contributed by atoms with Gasteiger partial charge in [-0.2, -0.15) is 0 Å². The minimum atomic E-state index is 0.466. The molecule has 6 aliphatic heterocycles. The van der Waals surface area contributed by atoms with E-state index in [1.165, 1.54) is 195 Å². The number of quaternary nitrogens is 1. The molecule has 0 bridgehead atoms. The lowest BCUT2D eigenvalue weighted by Gasteiger charge is -2.57. The third-order valence-electron chi connectivity index (χ3n) is 14.1. The van der Waals surface area contributed by atoms with Crippen molar-refractivity contribution in [2.75, 3.05) is 151 Å². The number of piperazine rings is 2. The number of hydrogen-bond acceptors (Lipinski definition) is 7. The van der Waals surface area contributed by atoms with Gasteiger partial charge in [0.15, 0.2) is 0 Å². The van der Waals surface area contributed by atoms with Gasteiger partial charge in [0.05, 0.1) is 13.1 Å². The number of rotatable bonds is 12. The molecular weight excluding hydrogens is 568 g/mol. The Balaban J connectivity index is 1.01. The van der Waals surface area contributed by atoms with Gasteiger partial charge in [-0.05, 0) is 122 Å². The molecule has 8 nitrogen and oxygen atoms in total. The van der Waals surface area contributed by atoms with E-state index in [4.69, 9.17) is 0 Å². The molecule has 266 valence electrons. The summed E-state index contributed by atoms with van der Waals surface area (Å²) in [5.41, 5.74) is 0.466. The van der Waals surface area contributed by atoms with E-state index < -0.39 is 0 Å². The van der Waals surface area contributed by atoms with E-state index in [9.17, 15) is 0 Å². The number of piperidine rings is 4. The number of nitrogens with zero attached hydrogens (tertiary/aromatic N) is 7. The minimum absolute atomic E-state index is 0.466. The van der Waals surface area contributed by atoms with Crippen LogP contribution in [0.1, 0.15) is 65.2 Å². The van der Waals surface area contributed by atoms with Crippen molar-refractivity contribution in [3.63, 3.8) is 0 Å². The molecule has 0 aromatic carbocycles. The van der Waals surface area contributed by atoms with E-state index in [0.29, 0.717) is 5.41 Å². The first kappa shape index (κ1) is 35.5. The maximum absolute atomic E-state index is 2.95. The van der Waals surface area contributed by atoms with Crippen LogP contribution in [0.5, 0.6) is 0 Å². The summed E-state index contributed by atoms with van der Waals surface area (Å²) < 4.78 is 0. The zero-order chi connectivity index (χ0) is 31.8. The van der Waals surface area contributed by atoms with Crippen LogP contribution in [0, 0.1) is 29.1 Å². The highest BCUT2D eigenvalue weighted by Crippen LogP contribution is 2.47. The van der Waals surface area contributed by atoms with E-state index in [2.05, 4.69) is 60.5 Å². The van der Waals surface area contributed by atoms with E-state index in [1.54, 1.807) is 0 Å². The molecule has 6 heterocycles. The fourth-order valence-corrected chi connectivity index (χ4v) is 10.5. The zero-order valence-electron chi connectivity index (χ0n) is 30.7. The Bertz CT molecular complexity index is 859. The second-order valence-electron chi connectivity index (χ2n) is 17.0. The van der Waals surface area contributed by atoms with Crippen molar-refractivity contribution in [3.8, 4) is 0 Å². The van der Waals surface area contributed by atoms with Gasteiger partial charge in [0.1, 0.15) is 0 Å². The first-order valence-electron chi connectivity index (χ1n) is 20.3. The number of hydrogen-bond donors (Lipinski definition) is 1. The highest BCUT2D eigenvalue weighted by atomic mass is 15.3. The quantitative estimate of drug-likeness (QED) is 0.349. The van der Waals surface area contributed by atoms with Crippen molar-refractivity contribution in [2.24, 2.45) is 29.1 Å². The Hall–Kier alpha value is -0.320. The van der Waals surface area contributed by atoms with E-state index in [-0.39, 0.29) is 0 Å². The summed E-state index contributed by atoms with van der Waals surface area (Å²) in [5, 5.41) is 2.51. The molecule has 2 N–H and O–H groups in total. The van der Waals surface area contributed by atoms with E-state index in [0.717, 1.165) is 23.7 Å². The second-order valence-corrected chi connectivity index (χ2v) is 17.0. The van der Waals surface area contributed by atoms with Gasteiger partial charge >= 0.3 is 0 Å². The van der Waals surface area contributed by atoms with Crippen molar-refractivity contribution in [3.05, 3.63) is 0 Å². The maximum Gasteiger partial charge on any atom is 0.0758 e. The van der Waals surface area contributed by atoms with Gasteiger partial charge in [-0.25, -0.2) is 0 Å². The molecule has 0 saturated carbocycles. The Morgan fingerprint density at radius 2 is 1.15 bits per heavy atom. The van der Waals surface area contributed by atoms with Gasteiger partial charge in [-0.15, -0.1) is 0 Å². The third kappa shape index (κ3) is 9.68. The van der Waals surface area contributed by atoms with Crippen LogP contribution in [0.2, 0.25) is 0 Å². The highest BCUT2D eigenvalue weighted by Gasteiger charge is 2.50. The predicted molar refractivity (Wildman–Crippen MR) is 192 cm³/mol. The lowest BCUT2D eigenvalue weighted by molar-refractivity contribution is -0.664. The SMILES string of the molecule is CCN1CCN(CC2CCN(CCCN3CCN(CC4CC[NH2+]CC4)CC3)CC23CN(CCC2CCN(C)CC2)CCC3C)CC1. The molecule has 6 aliphatic rings. The summed E-state index contributed by atoms with van der Waals surface area (Å²) in [5.74, 6) is 3.60. The summed E-state index contributed by atoms with van der Waals surface area (Å²) in [7, 11) is 2.31. The third-order valence-corrected chi connectivity index (χ3v) is 14.1. The first-order chi connectivity index (χ1) is 22.5. The van der Waals surface area contributed by atoms with Crippen LogP contribution in [-0.2, 0) is 0 Å². The average molecular weight is 644 g/mol.